The Morgan fingerprint density at radius 2 is 2.00 bits per heavy atom. The summed E-state index contributed by atoms with van der Waals surface area (Å²) in [5, 5.41) is 7.52. The average molecular weight is 374 g/mol. The number of halogens is 2. The van der Waals surface area contributed by atoms with E-state index in [1.165, 1.54) is 24.4 Å². The molecule has 1 aromatic carbocycles. The minimum atomic E-state index is -3.86. The van der Waals surface area contributed by atoms with E-state index in [2.05, 4.69) is 26.2 Å². The molecule has 21 heavy (non-hydrogen) atoms. The third kappa shape index (κ3) is 3.84. The van der Waals surface area contributed by atoms with Crippen molar-refractivity contribution in [1.82, 2.24) is 4.98 Å². The lowest BCUT2D eigenvalue weighted by Crippen LogP contribution is -2.15. The van der Waals surface area contributed by atoms with Gasteiger partial charge in [-0.2, -0.15) is 0 Å². The first-order valence-corrected chi connectivity index (χ1v) is 7.85. The molecule has 0 aliphatic rings. The largest absolute Gasteiger partial charge is 0.322 e. The highest BCUT2D eigenvalue weighted by molar-refractivity contribution is 9.10. The Hall–Kier alpha value is -1.84. The van der Waals surface area contributed by atoms with Crippen LogP contribution in [0.3, 0.4) is 0 Å². The first-order chi connectivity index (χ1) is 9.77. The van der Waals surface area contributed by atoms with Crippen molar-refractivity contribution in [3.05, 3.63) is 52.5 Å². The van der Waals surface area contributed by atoms with Crippen LogP contribution < -0.4 is 10.5 Å². The molecule has 0 bridgehead atoms. The molecule has 9 heteroatoms. The molecule has 0 spiro atoms. The van der Waals surface area contributed by atoms with Gasteiger partial charge in [0.1, 0.15) is 5.82 Å². The smallest absolute Gasteiger partial charge is 0.257 e. The molecule has 0 saturated heterocycles. The van der Waals surface area contributed by atoms with Crippen molar-refractivity contribution < 1.29 is 17.6 Å². The van der Waals surface area contributed by atoms with Gasteiger partial charge in [-0.05, 0) is 40.2 Å². The highest BCUT2D eigenvalue weighted by Crippen LogP contribution is 2.24. The molecule has 1 aromatic heterocycles. The molecular weight excluding hydrogens is 365 g/mol. The van der Waals surface area contributed by atoms with Gasteiger partial charge in [-0.1, -0.05) is 0 Å². The van der Waals surface area contributed by atoms with Gasteiger partial charge in [0.15, 0.2) is 0 Å². The van der Waals surface area contributed by atoms with E-state index in [1.54, 1.807) is 0 Å². The highest BCUT2D eigenvalue weighted by Gasteiger charge is 2.14. The predicted octanol–water partition coefficient (Wildman–Crippen LogP) is 1.88. The lowest BCUT2D eigenvalue weighted by atomic mass is 10.2. The fourth-order valence-corrected chi connectivity index (χ4v) is 3.19. The van der Waals surface area contributed by atoms with E-state index in [1.807, 2.05) is 0 Å². The molecule has 0 aliphatic carbocycles. The van der Waals surface area contributed by atoms with Crippen molar-refractivity contribution in [2.75, 3.05) is 5.32 Å². The Kier molecular flexibility index (Phi) is 4.35. The standard InChI is InChI=1S/C12H9BrFN3O3S/c13-10-4-9(1-2-11(10)21(15,19)20)17-12(18)7-3-8(14)6-16-5-7/h1-6H,(H,17,18)(H2,15,19,20). The normalized spacial score (nSPS) is 11.2. The van der Waals surface area contributed by atoms with E-state index in [0.717, 1.165) is 12.3 Å². The van der Waals surface area contributed by atoms with Gasteiger partial charge < -0.3 is 5.32 Å². The molecule has 0 atom stereocenters. The zero-order chi connectivity index (χ0) is 15.6. The first-order valence-electron chi connectivity index (χ1n) is 5.51. The number of nitrogens with one attached hydrogen (secondary N) is 1. The Bertz CT molecular complexity index is 811. The van der Waals surface area contributed by atoms with Gasteiger partial charge in [-0.25, -0.2) is 17.9 Å². The molecule has 2 rings (SSSR count). The number of nitrogens with zero attached hydrogens (tertiary/aromatic N) is 1. The van der Waals surface area contributed by atoms with E-state index in [4.69, 9.17) is 5.14 Å². The van der Waals surface area contributed by atoms with Crippen molar-refractivity contribution in [3.8, 4) is 0 Å². The summed E-state index contributed by atoms with van der Waals surface area (Å²) in [6.07, 6.45) is 2.19. The SMILES string of the molecule is NS(=O)(=O)c1ccc(NC(=O)c2cncc(F)c2)cc1Br. The Balaban J connectivity index is 2.25. The third-order valence-corrected chi connectivity index (χ3v) is 4.35. The summed E-state index contributed by atoms with van der Waals surface area (Å²) in [7, 11) is -3.86. The van der Waals surface area contributed by atoms with Crippen LogP contribution in [0.25, 0.3) is 0 Å². The van der Waals surface area contributed by atoms with Crippen molar-refractivity contribution in [2.45, 2.75) is 4.90 Å². The maximum atomic E-state index is 13.0. The van der Waals surface area contributed by atoms with Crippen LogP contribution in [0.1, 0.15) is 10.4 Å². The molecular formula is C12H9BrFN3O3S. The van der Waals surface area contributed by atoms with E-state index in [0.29, 0.717) is 5.69 Å². The number of amides is 1. The summed E-state index contributed by atoms with van der Waals surface area (Å²) >= 11 is 3.06. The molecule has 0 aliphatic heterocycles. The maximum absolute atomic E-state index is 13.0. The number of nitrogens with two attached hydrogens (primary N) is 1. The summed E-state index contributed by atoms with van der Waals surface area (Å²) in [6, 6.07) is 5.04. The molecule has 0 unspecified atom stereocenters. The number of carbonyl (C=O) groups excluding carboxylic acids is 1. The van der Waals surface area contributed by atoms with Crippen LogP contribution in [-0.4, -0.2) is 19.3 Å². The topological polar surface area (TPSA) is 102 Å². The van der Waals surface area contributed by atoms with Gasteiger partial charge in [0.05, 0.1) is 16.7 Å². The molecule has 0 saturated carbocycles. The molecule has 1 heterocycles. The summed E-state index contributed by atoms with van der Waals surface area (Å²) in [4.78, 5) is 15.3. The number of aromatic nitrogens is 1. The Labute approximate surface area is 128 Å². The molecule has 3 N–H and O–H groups in total. The van der Waals surface area contributed by atoms with Crippen molar-refractivity contribution in [1.29, 1.82) is 0 Å². The summed E-state index contributed by atoms with van der Waals surface area (Å²) in [5.74, 6) is -1.20. The minimum Gasteiger partial charge on any atom is -0.322 e. The van der Waals surface area contributed by atoms with Gasteiger partial charge in [0, 0.05) is 16.4 Å². The molecule has 110 valence electrons. The number of carbonyl (C=O) groups is 1. The fourth-order valence-electron chi connectivity index (χ4n) is 1.55. The van der Waals surface area contributed by atoms with Gasteiger partial charge >= 0.3 is 0 Å². The number of anilines is 1. The molecule has 0 fully saturated rings. The van der Waals surface area contributed by atoms with Crippen LogP contribution in [0, 0.1) is 5.82 Å². The number of benzene rings is 1. The van der Waals surface area contributed by atoms with Crippen molar-refractivity contribution in [3.63, 3.8) is 0 Å². The van der Waals surface area contributed by atoms with E-state index in [-0.39, 0.29) is 14.9 Å². The summed E-state index contributed by atoms with van der Waals surface area (Å²) in [6.45, 7) is 0. The molecule has 2 aromatic rings. The van der Waals surface area contributed by atoms with Gasteiger partial charge in [-0.3, -0.25) is 9.78 Å². The lowest BCUT2D eigenvalue weighted by Gasteiger charge is -2.08. The first kappa shape index (κ1) is 15.5. The van der Waals surface area contributed by atoms with Crippen LogP contribution >= 0.6 is 15.9 Å². The molecule has 1 amide bonds. The third-order valence-electron chi connectivity index (χ3n) is 2.46. The van der Waals surface area contributed by atoms with E-state index >= 15 is 0 Å². The van der Waals surface area contributed by atoms with Crippen LogP contribution in [0.2, 0.25) is 0 Å². The maximum Gasteiger partial charge on any atom is 0.257 e. The van der Waals surface area contributed by atoms with Crippen LogP contribution in [-0.2, 0) is 10.0 Å². The monoisotopic (exact) mass is 373 g/mol. The number of hydrogen-bond acceptors (Lipinski definition) is 4. The van der Waals surface area contributed by atoms with Crippen LogP contribution in [0.5, 0.6) is 0 Å². The summed E-state index contributed by atoms with van der Waals surface area (Å²) < 4.78 is 35.7. The highest BCUT2D eigenvalue weighted by atomic mass is 79.9. The summed E-state index contributed by atoms with van der Waals surface area (Å²) in [5.41, 5.74) is 0.366. The minimum absolute atomic E-state index is 0.0432. The second-order valence-electron chi connectivity index (χ2n) is 4.04. The van der Waals surface area contributed by atoms with Crippen molar-refractivity contribution >= 4 is 37.5 Å². The molecule has 6 nitrogen and oxygen atoms in total. The van der Waals surface area contributed by atoms with Gasteiger partial charge in [0.2, 0.25) is 10.0 Å². The second-order valence-corrected chi connectivity index (χ2v) is 6.42. The number of hydrogen-bond donors (Lipinski definition) is 2. The van der Waals surface area contributed by atoms with Gasteiger partial charge in [-0.15, -0.1) is 0 Å². The van der Waals surface area contributed by atoms with Crippen molar-refractivity contribution in [2.24, 2.45) is 5.14 Å². The average Bonchev–Trinajstić information content (AvgIpc) is 2.37. The van der Waals surface area contributed by atoms with Crippen LogP contribution in [0.15, 0.2) is 46.0 Å². The van der Waals surface area contributed by atoms with E-state index in [9.17, 15) is 17.6 Å². The van der Waals surface area contributed by atoms with E-state index < -0.39 is 21.7 Å². The Morgan fingerprint density at radius 3 is 2.57 bits per heavy atom. The predicted molar refractivity (Wildman–Crippen MR) is 77.7 cm³/mol. The second kappa shape index (κ2) is 5.88. The molecule has 0 radical (unpaired) electrons. The zero-order valence-electron chi connectivity index (χ0n) is 10.4. The number of primary sulfonamides is 1. The number of sulfonamides is 1. The zero-order valence-corrected chi connectivity index (χ0v) is 12.8. The number of rotatable bonds is 3. The number of pyridine rings is 1. The quantitative estimate of drug-likeness (QED) is 0.857. The van der Waals surface area contributed by atoms with Crippen LogP contribution in [0.4, 0.5) is 10.1 Å². The Morgan fingerprint density at radius 1 is 1.29 bits per heavy atom. The van der Waals surface area contributed by atoms with Gasteiger partial charge in [0.25, 0.3) is 5.91 Å². The lowest BCUT2D eigenvalue weighted by molar-refractivity contribution is 0.102. The fraction of sp³-hybridized carbons (Fsp3) is 0.